The van der Waals surface area contributed by atoms with E-state index in [1.54, 1.807) is 12.3 Å². The molecule has 0 fully saturated rings. The van der Waals surface area contributed by atoms with Crippen LogP contribution in [0.25, 0.3) is 0 Å². The summed E-state index contributed by atoms with van der Waals surface area (Å²) >= 11 is 0. The van der Waals surface area contributed by atoms with Gasteiger partial charge in [0.15, 0.2) is 0 Å². The molecule has 3 rings (SSSR count). The van der Waals surface area contributed by atoms with Crippen molar-refractivity contribution in [2.75, 3.05) is 0 Å². The number of nitrogens with zero attached hydrogens (tertiary/aromatic N) is 1. The predicted octanol–water partition coefficient (Wildman–Crippen LogP) is 3.72. The minimum atomic E-state index is -0.300. The number of carbonyl (C=O) groups is 1. The minimum absolute atomic E-state index is 0.0711. The highest BCUT2D eigenvalue weighted by atomic mass is 16.5. The molecule has 0 amide bonds. The molecular weight excluding hydrogens is 262 g/mol. The highest BCUT2D eigenvalue weighted by molar-refractivity contribution is 5.70. The first kappa shape index (κ1) is 13.8. The molecule has 1 aliphatic carbocycles. The smallest absolute Gasteiger partial charge is 0.308 e. The number of hydrogen-bond donors (Lipinski definition) is 0. The van der Waals surface area contributed by atoms with Gasteiger partial charge in [-0.3, -0.25) is 9.78 Å². The molecule has 3 heteroatoms. The molecule has 0 aliphatic heterocycles. The molecule has 21 heavy (non-hydrogen) atoms. The third-order valence-electron chi connectivity index (χ3n) is 4.17. The summed E-state index contributed by atoms with van der Waals surface area (Å²) in [5, 5.41) is 0. The average Bonchev–Trinajstić information content (AvgIpc) is 2.68. The molecular formula is C18H19NO2. The number of fused-ring (bicyclic) bond motifs is 1. The highest BCUT2D eigenvalue weighted by Gasteiger charge is 2.41. The maximum absolute atomic E-state index is 11.3. The summed E-state index contributed by atoms with van der Waals surface area (Å²) < 4.78 is 5.39. The molecule has 0 saturated heterocycles. The zero-order valence-corrected chi connectivity index (χ0v) is 12.6. The zero-order valence-electron chi connectivity index (χ0n) is 12.6. The Hall–Kier alpha value is -2.16. The summed E-state index contributed by atoms with van der Waals surface area (Å²) in [4.78, 5) is 15.6. The Morgan fingerprint density at radius 1 is 1.24 bits per heavy atom. The van der Waals surface area contributed by atoms with E-state index in [1.807, 2.05) is 6.20 Å². The van der Waals surface area contributed by atoms with Crippen LogP contribution in [0.15, 0.2) is 42.7 Å². The van der Waals surface area contributed by atoms with Crippen LogP contribution in [0.5, 0.6) is 5.75 Å². The molecule has 1 aromatic carbocycles. The van der Waals surface area contributed by atoms with E-state index in [-0.39, 0.29) is 17.3 Å². The summed E-state index contributed by atoms with van der Waals surface area (Å²) in [5.41, 5.74) is 3.73. The van der Waals surface area contributed by atoms with E-state index in [9.17, 15) is 4.79 Å². The lowest BCUT2D eigenvalue weighted by atomic mass is 9.76. The van der Waals surface area contributed by atoms with Gasteiger partial charge in [0.1, 0.15) is 5.75 Å². The van der Waals surface area contributed by atoms with Crippen LogP contribution >= 0.6 is 0 Å². The van der Waals surface area contributed by atoms with Gasteiger partial charge in [-0.2, -0.15) is 0 Å². The van der Waals surface area contributed by atoms with E-state index in [2.05, 4.69) is 43.1 Å². The van der Waals surface area contributed by atoms with E-state index in [4.69, 9.17) is 4.74 Å². The summed E-state index contributed by atoms with van der Waals surface area (Å²) in [6.07, 6.45) is 4.50. The molecule has 0 radical (unpaired) electrons. The van der Waals surface area contributed by atoms with Crippen molar-refractivity contribution in [1.82, 2.24) is 4.98 Å². The van der Waals surface area contributed by atoms with Crippen molar-refractivity contribution in [1.29, 1.82) is 0 Å². The Kier molecular flexibility index (Phi) is 3.28. The number of aromatic nitrogens is 1. The number of benzene rings is 1. The second-order valence-corrected chi connectivity index (χ2v) is 6.30. The van der Waals surface area contributed by atoms with Crippen molar-refractivity contribution in [3.8, 4) is 5.75 Å². The largest absolute Gasteiger partial charge is 0.426 e. The maximum atomic E-state index is 11.3. The fraction of sp³-hybridized carbons (Fsp3) is 0.333. The van der Waals surface area contributed by atoms with Crippen LogP contribution in [-0.2, 0) is 11.2 Å². The van der Waals surface area contributed by atoms with Gasteiger partial charge >= 0.3 is 5.97 Å². The number of pyridine rings is 1. The second kappa shape index (κ2) is 4.99. The zero-order chi connectivity index (χ0) is 15.0. The molecule has 108 valence electrons. The van der Waals surface area contributed by atoms with Crippen molar-refractivity contribution in [3.63, 3.8) is 0 Å². The van der Waals surface area contributed by atoms with Crippen molar-refractivity contribution in [2.45, 2.75) is 33.1 Å². The fourth-order valence-corrected chi connectivity index (χ4v) is 3.44. The Morgan fingerprint density at radius 2 is 2.00 bits per heavy atom. The van der Waals surface area contributed by atoms with Crippen LogP contribution in [0, 0.1) is 5.41 Å². The van der Waals surface area contributed by atoms with Crippen molar-refractivity contribution >= 4 is 5.97 Å². The molecule has 2 aromatic rings. The standard InChI is InChI=1S/C18H19NO2/c1-12(20)21-16-8-9-19-11-15(16)17-14-7-5-4-6-13(14)10-18(17,2)3/h4-9,11,17H,10H2,1-3H3. The minimum Gasteiger partial charge on any atom is -0.426 e. The summed E-state index contributed by atoms with van der Waals surface area (Å²) in [5.74, 6) is 0.510. The topological polar surface area (TPSA) is 39.2 Å². The van der Waals surface area contributed by atoms with Gasteiger partial charge in [-0.25, -0.2) is 0 Å². The van der Waals surface area contributed by atoms with Gasteiger partial charge in [0, 0.05) is 30.8 Å². The Bertz CT molecular complexity index is 691. The van der Waals surface area contributed by atoms with Crippen LogP contribution in [0.1, 0.15) is 43.4 Å². The molecule has 1 unspecified atom stereocenters. The first-order valence-corrected chi connectivity index (χ1v) is 7.19. The maximum Gasteiger partial charge on any atom is 0.308 e. The molecule has 1 aliphatic rings. The number of hydrogen-bond acceptors (Lipinski definition) is 3. The lowest BCUT2D eigenvalue weighted by molar-refractivity contribution is -0.131. The van der Waals surface area contributed by atoms with Gasteiger partial charge in [0.05, 0.1) is 0 Å². The SMILES string of the molecule is CC(=O)Oc1ccncc1C1c2ccccc2CC1(C)C. The second-order valence-electron chi connectivity index (χ2n) is 6.30. The number of esters is 1. The van der Waals surface area contributed by atoms with E-state index >= 15 is 0 Å². The molecule has 1 heterocycles. The van der Waals surface area contributed by atoms with E-state index in [0.717, 1.165) is 12.0 Å². The molecule has 0 bridgehead atoms. The average molecular weight is 281 g/mol. The monoisotopic (exact) mass is 281 g/mol. The Balaban J connectivity index is 2.13. The van der Waals surface area contributed by atoms with Gasteiger partial charge in [0.2, 0.25) is 0 Å². The van der Waals surface area contributed by atoms with Gasteiger partial charge < -0.3 is 4.74 Å². The fourth-order valence-electron chi connectivity index (χ4n) is 3.44. The first-order valence-electron chi connectivity index (χ1n) is 7.19. The number of rotatable bonds is 2. The molecule has 0 spiro atoms. The molecule has 1 aromatic heterocycles. The Morgan fingerprint density at radius 3 is 2.76 bits per heavy atom. The number of ether oxygens (including phenoxy) is 1. The normalized spacial score (nSPS) is 19.1. The van der Waals surface area contributed by atoms with Crippen molar-refractivity contribution < 1.29 is 9.53 Å². The molecule has 0 saturated carbocycles. The van der Waals surface area contributed by atoms with Gasteiger partial charge in [-0.1, -0.05) is 38.1 Å². The van der Waals surface area contributed by atoms with Crippen LogP contribution < -0.4 is 4.74 Å². The third-order valence-corrected chi connectivity index (χ3v) is 4.17. The van der Waals surface area contributed by atoms with Crippen LogP contribution in [0.2, 0.25) is 0 Å². The lowest BCUT2D eigenvalue weighted by Crippen LogP contribution is -2.20. The van der Waals surface area contributed by atoms with Crippen LogP contribution in [-0.4, -0.2) is 11.0 Å². The summed E-state index contributed by atoms with van der Waals surface area (Å²) in [6, 6.07) is 10.3. The van der Waals surface area contributed by atoms with Gasteiger partial charge in [-0.15, -0.1) is 0 Å². The summed E-state index contributed by atoms with van der Waals surface area (Å²) in [6.45, 7) is 5.93. The van der Waals surface area contributed by atoms with E-state index in [0.29, 0.717) is 5.75 Å². The quantitative estimate of drug-likeness (QED) is 0.787. The van der Waals surface area contributed by atoms with Gasteiger partial charge in [0.25, 0.3) is 0 Å². The van der Waals surface area contributed by atoms with Crippen molar-refractivity contribution in [2.24, 2.45) is 5.41 Å². The number of carbonyl (C=O) groups excluding carboxylic acids is 1. The van der Waals surface area contributed by atoms with Crippen molar-refractivity contribution in [3.05, 3.63) is 59.4 Å². The molecule has 3 nitrogen and oxygen atoms in total. The van der Waals surface area contributed by atoms with Crippen LogP contribution in [0.4, 0.5) is 0 Å². The third kappa shape index (κ3) is 2.44. The van der Waals surface area contributed by atoms with E-state index < -0.39 is 0 Å². The van der Waals surface area contributed by atoms with Gasteiger partial charge in [-0.05, 0) is 29.0 Å². The Labute approximate surface area is 125 Å². The molecule has 0 N–H and O–H groups in total. The van der Waals surface area contributed by atoms with Crippen LogP contribution in [0.3, 0.4) is 0 Å². The lowest BCUT2D eigenvalue weighted by Gasteiger charge is -2.29. The predicted molar refractivity (Wildman–Crippen MR) is 81.3 cm³/mol. The first-order chi connectivity index (χ1) is 9.99. The summed E-state index contributed by atoms with van der Waals surface area (Å²) in [7, 11) is 0. The highest BCUT2D eigenvalue weighted by Crippen LogP contribution is 2.52. The molecule has 1 atom stereocenters. The van der Waals surface area contributed by atoms with E-state index in [1.165, 1.54) is 18.1 Å².